The zero-order chi connectivity index (χ0) is 27.7. The molecule has 2 aromatic carbocycles. The van der Waals surface area contributed by atoms with Crippen molar-refractivity contribution in [3.05, 3.63) is 63.6 Å². The first-order valence-electron chi connectivity index (χ1n) is 11.4. The highest BCUT2D eigenvalue weighted by Crippen LogP contribution is 2.39. The van der Waals surface area contributed by atoms with Gasteiger partial charge in [-0.3, -0.25) is 4.79 Å². The summed E-state index contributed by atoms with van der Waals surface area (Å²) in [7, 11) is 1.33. The first-order chi connectivity index (χ1) is 17.9. The van der Waals surface area contributed by atoms with Gasteiger partial charge in [0.25, 0.3) is 5.91 Å². The van der Waals surface area contributed by atoms with E-state index in [1.807, 2.05) is 6.92 Å². The number of methoxy groups -OCH3 is 1. The van der Waals surface area contributed by atoms with E-state index in [0.29, 0.717) is 21.7 Å². The highest BCUT2D eigenvalue weighted by molar-refractivity contribution is 8.18. The second kappa shape index (κ2) is 10.9. The van der Waals surface area contributed by atoms with Crippen molar-refractivity contribution in [2.45, 2.75) is 31.9 Å². The van der Waals surface area contributed by atoms with E-state index < -0.39 is 35.6 Å². The number of rotatable bonds is 5. The van der Waals surface area contributed by atoms with Crippen LogP contribution in [0.5, 0.6) is 11.5 Å². The van der Waals surface area contributed by atoms with E-state index in [1.54, 1.807) is 18.2 Å². The molecule has 1 amide bonds. The van der Waals surface area contributed by atoms with Crippen molar-refractivity contribution in [3.63, 3.8) is 0 Å². The third kappa shape index (κ3) is 6.26. The number of alkyl halides is 6. The molecule has 4 rings (SSSR count). The summed E-state index contributed by atoms with van der Waals surface area (Å²) < 4.78 is 89.9. The molecule has 6 nitrogen and oxygen atoms in total. The van der Waals surface area contributed by atoms with Crippen LogP contribution in [0.3, 0.4) is 0 Å². The molecule has 1 unspecified atom stereocenters. The molecule has 0 aliphatic carbocycles. The number of nitrogens with zero attached hydrogens (tertiary/aromatic N) is 2. The Kier molecular flexibility index (Phi) is 7.98. The molecule has 1 atom stereocenters. The number of hydrogen-bond donors (Lipinski definition) is 1. The van der Waals surface area contributed by atoms with Gasteiger partial charge in [-0.2, -0.15) is 31.3 Å². The first kappa shape index (κ1) is 27.8. The molecule has 2 heterocycles. The monoisotopic (exact) mass is 559 g/mol. The summed E-state index contributed by atoms with van der Waals surface area (Å²) in [4.78, 5) is 19.1. The molecular formula is C25H23F6N3O3S. The Morgan fingerprint density at radius 3 is 2.53 bits per heavy atom. The molecule has 0 aromatic heterocycles. The van der Waals surface area contributed by atoms with Crippen LogP contribution < -0.4 is 14.8 Å². The highest BCUT2D eigenvalue weighted by Gasteiger charge is 2.38. The number of hydrogen-bond acceptors (Lipinski definition) is 6. The van der Waals surface area contributed by atoms with Gasteiger partial charge in [0.2, 0.25) is 0 Å². The lowest BCUT2D eigenvalue weighted by molar-refractivity contribution is -0.143. The number of ether oxygens (including phenoxy) is 2. The third-order valence-electron chi connectivity index (χ3n) is 5.97. The largest absolute Gasteiger partial charge is 0.493 e. The quantitative estimate of drug-likeness (QED) is 0.382. The zero-order valence-electron chi connectivity index (χ0n) is 20.2. The van der Waals surface area contributed by atoms with E-state index in [4.69, 9.17) is 9.47 Å². The van der Waals surface area contributed by atoms with Crippen LogP contribution in [0.4, 0.5) is 26.3 Å². The Labute approximate surface area is 218 Å². The van der Waals surface area contributed by atoms with Crippen LogP contribution in [0.25, 0.3) is 6.08 Å². The van der Waals surface area contributed by atoms with Gasteiger partial charge in [-0.25, -0.2) is 0 Å². The minimum atomic E-state index is -5.00. The number of benzene rings is 2. The van der Waals surface area contributed by atoms with Crippen LogP contribution >= 0.6 is 11.8 Å². The second-order valence-electron chi connectivity index (χ2n) is 8.62. The SMILES string of the molecule is COc1cc(C=C2SC(N3CCNCC3C)=NC2=O)ccc1OCc1ccc(C(F)(F)F)cc1C(F)(F)F. The molecule has 38 heavy (non-hydrogen) atoms. The summed E-state index contributed by atoms with van der Waals surface area (Å²) in [6.07, 6.45) is -8.30. The lowest BCUT2D eigenvalue weighted by Gasteiger charge is -2.34. The van der Waals surface area contributed by atoms with E-state index >= 15 is 0 Å². The Hall–Kier alpha value is -3.19. The van der Waals surface area contributed by atoms with Gasteiger partial charge in [0.1, 0.15) is 6.61 Å². The van der Waals surface area contributed by atoms with Crippen LogP contribution in [0.15, 0.2) is 46.3 Å². The number of halogens is 6. The summed E-state index contributed by atoms with van der Waals surface area (Å²) in [6.45, 7) is 3.68. The molecule has 0 bridgehead atoms. The second-order valence-corrected chi connectivity index (χ2v) is 9.63. The lowest BCUT2D eigenvalue weighted by atomic mass is 10.0. The van der Waals surface area contributed by atoms with Crippen LogP contribution in [0, 0.1) is 0 Å². The summed E-state index contributed by atoms with van der Waals surface area (Å²) in [5.41, 5.74) is -2.72. The number of carbonyl (C=O) groups is 1. The number of aliphatic imine (C=N–C) groups is 1. The Morgan fingerprint density at radius 1 is 1.11 bits per heavy atom. The molecule has 2 aromatic rings. The van der Waals surface area contributed by atoms with Crippen LogP contribution in [-0.4, -0.2) is 48.8 Å². The Bertz CT molecular complexity index is 1280. The number of thioether (sulfide) groups is 1. The average Bonchev–Trinajstić information content (AvgIpc) is 3.21. The van der Waals surface area contributed by atoms with Crippen molar-refractivity contribution in [1.29, 1.82) is 0 Å². The van der Waals surface area contributed by atoms with E-state index in [1.165, 1.54) is 24.9 Å². The summed E-state index contributed by atoms with van der Waals surface area (Å²) in [6, 6.07) is 6.15. The Morgan fingerprint density at radius 2 is 1.87 bits per heavy atom. The molecular weight excluding hydrogens is 536 g/mol. The maximum atomic E-state index is 13.4. The molecule has 1 N–H and O–H groups in total. The molecule has 2 aliphatic rings. The van der Waals surface area contributed by atoms with Crippen molar-refractivity contribution in [2.24, 2.45) is 4.99 Å². The Balaban J connectivity index is 1.50. The van der Waals surface area contributed by atoms with Gasteiger partial charge in [-0.1, -0.05) is 12.1 Å². The smallest absolute Gasteiger partial charge is 0.416 e. The van der Waals surface area contributed by atoms with E-state index in [0.717, 1.165) is 25.7 Å². The molecule has 1 fully saturated rings. The minimum Gasteiger partial charge on any atom is -0.493 e. The lowest BCUT2D eigenvalue weighted by Crippen LogP contribution is -2.51. The van der Waals surface area contributed by atoms with Crippen molar-refractivity contribution in [2.75, 3.05) is 26.7 Å². The van der Waals surface area contributed by atoms with Gasteiger partial charge in [0, 0.05) is 31.2 Å². The molecule has 2 aliphatic heterocycles. The predicted molar refractivity (Wildman–Crippen MR) is 131 cm³/mol. The number of amidine groups is 1. The number of nitrogens with one attached hydrogen (secondary N) is 1. The number of piperazine rings is 1. The molecule has 1 saturated heterocycles. The minimum absolute atomic E-state index is 0.0684. The molecule has 0 spiro atoms. The fourth-order valence-electron chi connectivity index (χ4n) is 3.99. The van der Waals surface area contributed by atoms with Crippen molar-refractivity contribution < 1.29 is 40.6 Å². The standard InChI is InChI=1S/C25H23F6N3O3S/c1-14-12-32-7-8-34(14)23-33-22(35)21(38-23)10-15-3-6-19(20(9-15)36-2)37-13-16-4-5-17(24(26,27)28)11-18(16)25(29,30)31/h3-6,9-11,14,32H,7-8,12-13H2,1-2H3. The summed E-state index contributed by atoms with van der Waals surface area (Å²) in [5, 5.41) is 3.90. The first-order valence-corrected chi connectivity index (χ1v) is 12.3. The fourth-order valence-corrected chi connectivity index (χ4v) is 5.03. The normalized spacial score (nSPS) is 19.6. The maximum absolute atomic E-state index is 13.4. The van der Waals surface area contributed by atoms with E-state index in [-0.39, 0.29) is 29.5 Å². The fraction of sp³-hybridized carbons (Fsp3) is 0.360. The zero-order valence-corrected chi connectivity index (χ0v) is 21.1. The van der Waals surface area contributed by atoms with E-state index in [9.17, 15) is 31.1 Å². The van der Waals surface area contributed by atoms with Crippen molar-refractivity contribution in [3.8, 4) is 11.5 Å². The molecule has 204 valence electrons. The van der Waals surface area contributed by atoms with Crippen LogP contribution in [0.2, 0.25) is 0 Å². The van der Waals surface area contributed by atoms with Crippen LogP contribution in [0.1, 0.15) is 29.2 Å². The van der Waals surface area contributed by atoms with Gasteiger partial charge in [0.05, 0.1) is 23.1 Å². The van der Waals surface area contributed by atoms with Gasteiger partial charge >= 0.3 is 12.4 Å². The molecule has 0 radical (unpaired) electrons. The van der Waals surface area contributed by atoms with Gasteiger partial charge in [0.15, 0.2) is 16.7 Å². The topological polar surface area (TPSA) is 63.2 Å². The van der Waals surface area contributed by atoms with Gasteiger partial charge in [-0.05, 0) is 54.6 Å². The highest BCUT2D eigenvalue weighted by atomic mass is 32.2. The number of amides is 1. The average molecular weight is 560 g/mol. The van der Waals surface area contributed by atoms with Crippen molar-refractivity contribution in [1.82, 2.24) is 10.2 Å². The van der Waals surface area contributed by atoms with E-state index in [2.05, 4.69) is 15.2 Å². The van der Waals surface area contributed by atoms with Gasteiger partial charge < -0.3 is 19.7 Å². The summed E-state index contributed by atoms with van der Waals surface area (Å²) in [5.74, 6) is -0.121. The van der Waals surface area contributed by atoms with Crippen LogP contribution in [-0.2, 0) is 23.8 Å². The molecule has 0 saturated carbocycles. The van der Waals surface area contributed by atoms with Crippen molar-refractivity contribution >= 4 is 28.9 Å². The molecule has 13 heteroatoms. The maximum Gasteiger partial charge on any atom is 0.416 e. The number of carbonyl (C=O) groups excluding carboxylic acids is 1. The predicted octanol–water partition coefficient (Wildman–Crippen LogP) is 5.58. The summed E-state index contributed by atoms with van der Waals surface area (Å²) >= 11 is 1.26. The third-order valence-corrected chi connectivity index (χ3v) is 6.99. The van der Waals surface area contributed by atoms with Gasteiger partial charge in [-0.15, -0.1) is 0 Å².